The lowest BCUT2D eigenvalue weighted by atomic mass is 10.1. The number of nitrogens with zero attached hydrogens (tertiary/aromatic N) is 1. The molecule has 0 aliphatic rings. The average molecular weight is 360 g/mol. The molecule has 0 unspecified atom stereocenters. The van der Waals surface area contributed by atoms with Crippen molar-refractivity contribution in [3.63, 3.8) is 0 Å². The predicted octanol–water partition coefficient (Wildman–Crippen LogP) is 3.72. The highest BCUT2D eigenvalue weighted by molar-refractivity contribution is 7.92. The molecular formula is C14H11F3N2O4S. The Balaban J connectivity index is 2.29. The third-order valence-corrected chi connectivity index (χ3v) is 4.54. The molecule has 0 bridgehead atoms. The second-order valence-corrected chi connectivity index (χ2v) is 6.57. The first-order valence-corrected chi connectivity index (χ1v) is 7.94. The topological polar surface area (TPSA) is 89.3 Å². The quantitative estimate of drug-likeness (QED) is 0.665. The van der Waals surface area contributed by atoms with Crippen LogP contribution in [0.3, 0.4) is 0 Å². The van der Waals surface area contributed by atoms with E-state index >= 15 is 0 Å². The number of nitro benzene ring substituents is 1. The summed E-state index contributed by atoms with van der Waals surface area (Å²) >= 11 is 0. The lowest BCUT2D eigenvalue weighted by molar-refractivity contribution is -0.384. The third kappa shape index (κ3) is 3.82. The van der Waals surface area contributed by atoms with E-state index in [4.69, 9.17) is 0 Å². The Kier molecular flexibility index (Phi) is 4.52. The second-order valence-electron chi connectivity index (χ2n) is 4.88. The fourth-order valence-corrected chi connectivity index (χ4v) is 3.06. The van der Waals surface area contributed by atoms with Crippen molar-refractivity contribution in [3.05, 3.63) is 63.7 Å². The zero-order valence-corrected chi connectivity index (χ0v) is 13.0. The van der Waals surface area contributed by atoms with Gasteiger partial charge in [0, 0.05) is 17.8 Å². The molecule has 6 nitrogen and oxygen atoms in total. The minimum absolute atomic E-state index is 0.0427. The van der Waals surface area contributed by atoms with Gasteiger partial charge in [0.25, 0.3) is 15.7 Å². The zero-order chi connectivity index (χ0) is 18.1. The molecule has 0 aliphatic heterocycles. The number of hydrogen-bond donors (Lipinski definition) is 1. The first-order valence-electron chi connectivity index (χ1n) is 6.46. The molecule has 10 heteroatoms. The van der Waals surface area contributed by atoms with Gasteiger partial charge in [-0.3, -0.25) is 14.8 Å². The summed E-state index contributed by atoms with van der Waals surface area (Å²) in [6, 6.07) is 6.96. The molecule has 24 heavy (non-hydrogen) atoms. The van der Waals surface area contributed by atoms with Gasteiger partial charge in [0.2, 0.25) is 0 Å². The van der Waals surface area contributed by atoms with Gasteiger partial charge in [-0.2, -0.15) is 13.2 Å². The van der Waals surface area contributed by atoms with Crippen LogP contribution < -0.4 is 4.72 Å². The maximum Gasteiger partial charge on any atom is 0.416 e. The van der Waals surface area contributed by atoms with E-state index in [0.717, 1.165) is 42.5 Å². The van der Waals surface area contributed by atoms with Crippen LogP contribution in [0.5, 0.6) is 0 Å². The fourth-order valence-electron chi connectivity index (χ4n) is 2.01. The lowest BCUT2D eigenvalue weighted by Gasteiger charge is -2.13. The van der Waals surface area contributed by atoms with Crippen LogP contribution in [0, 0.1) is 17.0 Å². The van der Waals surface area contributed by atoms with E-state index in [9.17, 15) is 31.7 Å². The van der Waals surface area contributed by atoms with E-state index in [0.29, 0.717) is 0 Å². The summed E-state index contributed by atoms with van der Waals surface area (Å²) in [5.74, 6) is 0. The molecule has 2 rings (SSSR count). The molecule has 0 spiro atoms. The molecule has 0 atom stereocenters. The number of anilines is 1. The molecule has 0 aromatic heterocycles. The van der Waals surface area contributed by atoms with Crippen molar-refractivity contribution < 1.29 is 26.5 Å². The Bertz CT molecular complexity index is 878. The summed E-state index contributed by atoms with van der Waals surface area (Å²) in [6.07, 6.45) is -4.53. The van der Waals surface area contributed by atoms with E-state index in [1.165, 1.54) is 6.92 Å². The Hall–Kier alpha value is -2.62. The third-order valence-electron chi connectivity index (χ3n) is 3.14. The Morgan fingerprint density at radius 2 is 1.67 bits per heavy atom. The molecule has 0 saturated heterocycles. The van der Waals surface area contributed by atoms with E-state index in [2.05, 4.69) is 4.72 Å². The van der Waals surface area contributed by atoms with Crippen molar-refractivity contribution in [1.82, 2.24) is 0 Å². The van der Waals surface area contributed by atoms with Gasteiger partial charge in [-0.25, -0.2) is 8.42 Å². The summed E-state index contributed by atoms with van der Waals surface area (Å²) in [6.45, 7) is 1.21. The summed E-state index contributed by atoms with van der Waals surface area (Å²) < 4.78 is 64.6. The smallest absolute Gasteiger partial charge is 0.280 e. The number of nitrogens with one attached hydrogen (secondary N) is 1. The molecule has 0 radical (unpaired) electrons. The van der Waals surface area contributed by atoms with Crippen LogP contribution in [0.4, 0.5) is 24.5 Å². The zero-order valence-electron chi connectivity index (χ0n) is 12.2. The first kappa shape index (κ1) is 17.7. The number of benzene rings is 2. The SMILES string of the molecule is Cc1cc(NS(=O)(=O)c2ccc([N+](=O)[O-])cc2)ccc1C(F)(F)F. The van der Waals surface area contributed by atoms with Gasteiger partial charge in [0.1, 0.15) is 0 Å². The molecule has 128 valence electrons. The molecule has 0 amide bonds. The number of sulfonamides is 1. The molecule has 0 heterocycles. The van der Waals surface area contributed by atoms with E-state index < -0.39 is 26.7 Å². The normalized spacial score (nSPS) is 12.0. The minimum atomic E-state index is -4.53. The average Bonchev–Trinajstić information content (AvgIpc) is 2.45. The fraction of sp³-hybridized carbons (Fsp3) is 0.143. The summed E-state index contributed by atoms with van der Waals surface area (Å²) in [4.78, 5) is 9.63. The Morgan fingerprint density at radius 1 is 1.08 bits per heavy atom. The predicted molar refractivity (Wildman–Crippen MR) is 80.1 cm³/mol. The number of non-ortho nitro benzene ring substituents is 1. The van der Waals surface area contributed by atoms with Crippen molar-refractivity contribution in [3.8, 4) is 0 Å². The van der Waals surface area contributed by atoms with E-state index in [-0.39, 0.29) is 21.8 Å². The molecule has 1 N–H and O–H groups in total. The van der Waals surface area contributed by atoms with Gasteiger partial charge < -0.3 is 0 Å². The van der Waals surface area contributed by atoms with Crippen LogP contribution in [0.15, 0.2) is 47.4 Å². The largest absolute Gasteiger partial charge is 0.416 e. The molecule has 2 aromatic rings. The van der Waals surface area contributed by atoms with Crippen LogP contribution in [0.2, 0.25) is 0 Å². The van der Waals surface area contributed by atoms with E-state index in [1.807, 2.05) is 0 Å². The van der Waals surface area contributed by atoms with Gasteiger partial charge >= 0.3 is 6.18 Å². The number of alkyl halides is 3. The highest BCUT2D eigenvalue weighted by Gasteiger charge is 2.32. The van der Waals surface area contributed by atoms with Crippen LogP contribution >= 0.6 is 0 Å². The standard InChI is InChI=1S/C14H11F3N2O4S/c1-9-8-10(2-7-13(9)14(15,16)17)18-24(22,23)12-5-3-11(4-6-12)19(20)21/h2-8,18H,1H3. The highest BCUT2D eigenvalue weighted by atomic mass is 32.2. The summed E-state index contributed by atoms with van der Waals surface area (Å²) in [5, 5.41) is 10.6. The summed E-state index contributed by atoms with van der Waals surface area (Å²) in [7, 11) is -4.07. The number of halogens is 3. The summed E-state index contributed by atoms with van der Waals surface area (Å²) in [5.41, 5.74) is -1.31. The van der Waals surface area contributed by atoms with Crippen molar-refractivity contribution in [2.45, 2.75) is 18.0 Å². The van der Waals surface area contributed by atoms with Crippen molar-refractivity contribution in [2.75, 3.05) is 4.72 Å². The van der Waals surface area contributed by atoms with E-state index in [1.54, 1.807) is 0 Å². The maximum absolute atomic E-state index is 12.7. The maximum atomic E-state index is 12.7. The van der Waals surface area contributed by atoms with Crippen molar-refractivity contribution in [2.24, 2.45) is 0 Å². The minimum Gasteiger partial charge on any atom is -0.280 e. The molecule has 0 aliphatic carbocycles. The highest BCUT2D eigenvalue weighted by Crippen LogP contribution is 2.33. The van der Waals surface area contributed by atoms with Crippen LogP contribution in [-0.4, -0.2) is 13.3 Å². The van der Waals surface area contributed by atoms with Crippen LogP contribution in [0.25, 0.3) is 0 Å². The molecule has 0 saturated carbocycles. The second kappa shape index (κ2) is 6.11. The first-order chi connectivity index (χ1) is 11.0. The molecule has 2 aromatic carbocycles. The van der Waals surface area contributed by atoms with Gasteiger partial charge in [-0.1, -0.05) is 0 Å². The van der Waals surface area contributed by atoms with Gasteiger partial charge in [-0.05, 0) is 42.8 Å². The lowest BCUT2D eigenvalue weighted by Crippen LogP contribution is -2.14. The molecular weight excluding hydrogens is 349 g/mol. The van der Waals surface area contributed by atoms with Crippen LogP contribution in [-0.2, 0) is 16.2 Å². The Morgan fingerprint density at radius 3 is 2.12 bits per heavy atom. The monoisotopic (exact) mass is 360 g/mol. The number of nitro groups is 1. The molecule has 0 fully saturated rings. The van der Waals surface area contributed by atoms with Gasteiger partial charge in [0.15, 0.2) is 0 Å². The number of aryl methyl sites for hydroxylation is 1. The van der Waals surface area contributed by atoms with Gasteiger partial charge in [-0.15, -0.1) is 0 Å². The number of rotatable bonds is 4. The van der Waals surface area contributed by atoms with Crippen molar-refractivity contribution >= 4 is 21.4 Å². The Labute approximate surface area is 135 Å². The van der Waals surface area contributed by atoms with Crippen molar-refractivity contribution in [1.29, 1.82) is 0 Å². The van der Waals surface area contributed by atoms with Gasteiger partial charge in [0.05, 0.1) is 15.4 Å². The number of hydrogen-bond acceptors (Lipinski definition) is 4. The van der Waals surface area contributed by atoms with Crippen LogP contribution in [0.1, 0.15) is 11.1 Å².